The van der Waals surface area contributed by atoms with E-state index in [4.69, 9.17) is 4.42 Å². The van der Waals surface area contributed by atoms with E-state index in [1.807, 2.05) is 0 Å². The number of nitrogens with zero attached hydrogens (tertiary/aromatic N) is 6. The Morgan fingerprint density at radius 2 is 2.12 bits per heavy atom. The lowest BCUT2D eigenvalue weighted by Gasteiger charge is -2.16. The average Bonchev–Trinajstić information content (AvgIpc) is 3.49. The molecule has 1 aliphatic carbocycles. The van der Waals surface area contributed by atoms with Gasteiger partial charge in [0.25, 0.3) is 16.7 Å². The highest BCUT2D eigenvalue weighted by atomic mass is 32.2. The summed E-state index contributed by atoms with van der Waals surface area (Å²) in [6.45, 7) is 2.61. The number of thioether (sulfide) groups is 1. The Bertz CT molecular complexity index is 1410. The maximum absolute atomic E-state index is 12.8. The molecule has 9 nitrogen and oxygen atoms in total. The maximum Gasteiger partial charge on any atom is 0.332 e. The fraction of sp³-hybridized carbons (Fsp3) is 0.476. The first-order valence-electron chi connectivity index (χ1n) is 10.6. The monoisotopic (exact) mass is 472 g/mol. The number of fused-ring (bicyclic) bond motifs is 2. The van der Waals surface area contributed by atoms with Crippen LogP contribution in [0.25, 0.3) is 21.9 Å². The smallest absolute Gasteiger partial charge is 0.332 e. The zero-order valence-corrected chi connectivity index (χ0v) is 19.8. The van der Waals surface area contributed by atoms with Crippen molar-refractivity contribution in [1.82, 2.24) is 28.9 Å². The molecule has 0 aliphatic heterocycles. The second-order valence-corrected chi connectivity index (χ2v) is 10.5. The van der Waals surface area contributed by atoms with E-state index in [1.165, 1.54) is 37.8 Å². The van der Waals surface area contributed by atoms with Gasteiger partial charge in [0.15, 0.2) is 11.2 Å². The molecule has 4 aromatic rings. The van der Waals surface area contributed by atoms with Crippen LogP contribution >= 0.6 is 23.1 Å². The van der Waals surface area contributed by atoms with E-state index in [2.05, 4.69) is 28.2 Å². The lowest BCUT2D eigenvalue weighted by Crippen LogP contribution is -2.39. The van der Waals surface area contributed by atoms with E-state index in [9.17, 15) is 9.59 Å². The molecular formula is C21H24N6O3S2. The highest BCUT2D eigenvalue weighted by Crippen LogP contribution is 2.37. The van der Waals surface area contributed by atoms with Gasteiger partial charge in [-0.15, -0.1) is 21.5 Å². The predicted molar refractivity (Wildman–Crippen MR) is 124 cm³/mol. The van der Waals surface area contributed by atoms with E-state index in [-0.39, 0.29) is 11.2 Å². The second-order valence-electron chi connectivity index (χ2n) is 8.31. The first-order valence-corrected chi connectivity index (χ1v) is 12.4. The summed E-state index contributed by atoms with van der Waals surface area (Å²) < 4.78 is 10.2. The minimum absolute atomic E-state index is 0.316. The third-order valence-electron chi connectivity index (χ3n) is 5.90. The van der Waals surface area contributed by atoms with Gasteiger partial charge in [0.05, 0.1) is 11.2 Å². The lowest BCUT2D eigenvalue weighted by molar-refractivity contribution is 0.466. The van der Waals surface area contributed by atoms with Crippen molar-refractivity contribution in [3.05, 3.63) is 43.7 Å². The molecule has 32 heavy (non-hydrogen) atoms. The molecule has 0 N–H and O–H groups in total. The molecule has 4 heterocycles. The van der Waals surface area contributed by atoms with Crippen molar-refractivity contribution in [1.29, 1.82) is 0 Å². The highest BCUT2D eigenvalue weighted by molar-refractivity contribution is 7.99. The number of aromatic nitrogens is 6. The zero-order valence-electron chi connectivity index (χ0n) is 18.2. The third-order valence-corrected chi connectivity index (χ3v) is 8.03. The van der Waals surface area contributed by atoms with Crippen molar-refractivity contribution in [2.24, 2.45) is 20.0 Å². The molecule has 168 valence electrons. The Morgan fingerprint density at radius 3 is 2.97 bits per heavy atom. The Hall–Kier alpha value is -2.66. The summed E-state index contributed by atoms with van der Waals surface area (Å²) in [6.07, 6.45) is 5.64. The number of hydrogen-bond acceptors (Lipinski definition) is 8. The van der Waals surface area contributed by atoms with Crippen molar-refractivity contribution in [3.63, 3.8) is 0 Å². The molecule has 1 atom stereocenters. The summed E-state index contributed by atoms with van der Waals surface area (Å²) in [6, 6.07) is 2.19. The molecule has 0 saturated heterocycles. The predicted octanol–water partition coefficient (Wildman–Crippen LogP) is 2.85. The first-order chi connectivity index (χ1) is 15.4. The van der Waals surface area contributed by atoms with Crippen LogP contribution in [0.1, 0.15) is 30.2 Å². The molecule has 4 aromatic heterocycles. The number of rotatable bonds is 6. The van der Waals surface area contributed by atoms with E-state index < -0.39 is 0 Å². The molecule has 0 saturated carbocycles. The quantitative estimate of drug-likeness (QED) is 0.314. The topological polar surface area (TPSA) is 101 Å². The van der Waals surface area contributed by atoms with Crippen LogP contribution in [0.4, 0.5) is 0 Å². The van der Waals surface area contributed by atoms with Crippen molar-refractivity contribution in [2.75, 3.05) is 5.75 Å². The van der Waals surface area contributed by atoms with Crippen LogP contribution in [0, 0.1) is 5.92 Å². The van der Waals surface area contributed by atoms with Crippen molar-refractivity contribution in [2.45, 2.75) is 44.4 Å². The molecule has 0 spiro atoms. The maximum atomic E-state index is 12.8. The Kier molecular flexibility index (Phi) is 5.54. The highest BCUT2D eigenvalue weighted by Gasteiger charge is 2.21. The second kappa shape index (κ2) is 8.36. The molecule has 0 radical (unpaired) electrons. The van der Waals surface area contributed by atoms with Gasteiger partial charge in [-0.2, -0.15) is 0 Å². The van der Waals surface area contributed by atoms with Gasteiger partial charge in [-0.25, -0.2) is 9.78 Å². The van der Waals surface area contributed by atoms with Crippen LogP contribution in [-0.2, 0) is 33.5 Å². The van der Waals surface area contributed by atoms with Gasteiger partial charge in [0, 0.05) is 31.3 Å². The molecule has 5 rings (SSSR count). The van der Waals surface area contributed by atoms with Gasteiger partial charge >= 0.3 is 5.69 Å². The molecule has 0 fully saturated rings. The summed E-state index contributed by atoms with van der Waals surface area (Å²) in [5.74, 6) is 1.94. The molecule has 0 aromatic carbocycles. The van der Waals surface area contributed by atoms with Crippen LogP contribution in [0.15, 0.2) is 31.6 Å². The van der Waals surface area contributed by atoms with Gasteiger partial charge in [-0.1, -0.05) is 18.7 Å². The standard InChI is InChI=1S/C21H24N6O3S2/c1-12-5-6-14-13(9-12)10-15(32-14)18-23-24-20(30-18)31-8-4-7-27-19(28)16-17(22-11-25(16)2)26(3)21(27)29/h10-12H,4-9H2,1-3H3/t12-/m0/s1. The van der Waals surface area contributed by atoms with Crippen LogP contribution in [0.3, 0.4) is 0 Å². The zero-order chi connectivity index (χ0) is 22.4. The van der Waals surface area contributed by atoms with Crippen LogP contribution < -0.4 is 11.2 Å². The lowest BCUT2D eigenvalue weighted by atomic mass is 9.90. The fourth-order valence-electron chi connectivity index (χ4n) is 4.15. The van der Waals surface area contributed by atoms with Crippen LogP contribution in [0.2, 0.25) is 0 Å². The van der Waals surface area contributed by atoms with E-state index >= 15 is 0 Å². The van der Waals surface area contributed by atoms with Crippen LogP contribution in [0.5, 0.6) is 0 Å². The van der Waals surface area contributed by atoms with Gasteiger partial charge in [0.2, 0.25) is 0 Å². The number of aryl methyl sites for hydroxylation is 3. The van der Waals surface area contributed by atoms with E-state index in [0.717, 1.165) is 23.6 Å². The Balaban J connectivity index is 1.24. The third kappa shape index (κ3) is 3.73. The largest absolute Gasteiger partial charge is 0.410 e. The van der Waals surface area contributed by atoms with Gasteiger partial charge in [0.1, 0.15) is 0 Å². The Labute approximate surface area is 192 Å². The molecular weight excluding hydrogens is 448 g/mol. The van der Waals surface area contributed by atoms with Crippen LogP contribution in [-0.4, -0.2) is 34.6 Å². The first kappa shape index (κ1) is 21.2. The number of imidazole rings is 1. The Morgan fingerprint density at radius 1 is 1.28 bits per heavy atom. The van der Waals surface area contributed by atoms with Crippen molar-refractivity contribution >= 4 is 34.3 Å². The summed E-state index contributed by atoms with van der Waals surface area (Å²) in [5.41, 5.74) is 1.56. The summed E-state index contributed by atoms with van der Waals surface area (Å²) in [4.78, 5) is 31.9. The van der Waals surface area contributed by atoms with E-state index in [1.54, 1.807) is 36.3 Å². The summed E-state index contributed by atoms with van der Waals surface area (Å²) in [5, 5.41) is 8.88. The fourth-order valence-corrected chi connectivity index (χ4v) is 5.97. The molecule has 0 unspecified atom stereocenters. The van der Waals surface area contributed by atoms with Crippen molar-refractivity contribution < 1.29 is 4.42 Å². The summed E-state index contributed by atoms with van der Waals surface area (Å²) in [7, 11) is 3.38. The average molecular weight is 473 g/mol. The van der Waals surface area contributed by atoms with Gasteiger partial charge < -0.3 is 8.98 Å². The molecule has 0 bridgehead atoms. The number of hydrogen-bond donors (Lipinski definition) is 0. The van der Waals surface area contributed by atoms with Gasteiger partial charge in [-0.05, 0) is 43.2 Å². The molecule has 11 heteroatoms. The molecule has 0 amide bonds. The van der Waals surface area contributed by atoms with Crippen molar-refractivity contribution in [3.8, 4) is 10.8 Å². The van der Waals surface area contributed by atoms with E-state index in [0.29, 0.717) is 41.0 Å². The normalized spacial score (nSPS) is 16.0. The minimum atomic E-state index is -0.359. The number of thiophene rings is 1. The molecule has 1 aliphatic rings. The SMILES string of the molecule is C[C@H]1CCc2sc(-c3nnc(SCCCn4c(=O)c5c(ncn5C)n(C)c4=O)o3)cc2C1. The minimum Gasteiger partial charge on any atom is -0.410 e. The van der Waals surface area contributed by atoms with Gasteiger partial charge in [-0.3, -0.25) is 13.9 Å². The summed E-state index contributed by atoms with van der Waals surface area (Å²) >= 11 is 3.19.